The highest BCUT2D eigenvalue weighted by atomic mass is 16.4. The molecular weight excluding hydrogens is 478 g/mol. The van der Waals surface area contributed by atoms with Crippen LogP contribution in [0.1, 0.15) is 63.9 Å². The first kappa shape index (κ1) is 27.1. The van der Waals surface area contributed by atoms with Gasteiger partial charge in [0.2, 0.25) is 11.7 Å². The summed E-state index contributed by atoms with van der Waals surface area (Å²) in [7, 11) is 0. The van der Waals surface area contributed by atoms with Crippen molar-refractivity contribution >= 4 is 23.7 Å². The van der Waals surface area contributed by atoms with Crippen molar-refractivity contribution in [3.05, 3.63) is 83.8 Å². The molecule has 11 nitrogen and oxygen atoms in total. The maximum Gasteiger partial charge on any atom is 0.404 e. The quantitative estimate of drug-likeness (QED) is 0.191. The first-order valence-corrected chi connectivity index (χ1v) is 11.9. The van der Waals surface area contributed by atoms with Crippen molar-refractivity contribution in [2.75, 3.05) is 13.1 Å². The molecule has 1 aromatic carbocycles. The summed E-state index contributed by atoms with van der Waals surface area (Å²) in [5, 5.41) is 16.3. The van der Waals surface area contributed by atoms with E-state index in [1.807, 2.05) is 36.4 Å². The zero-order valence-electron chi connectivity index (χ0n) is 20.2. The van der Waals surface area contributed by atoms with Gasteiger partial charge in [0, 0.05) is 38.4 Å². The van der Waals surface area contributed by atoms with Gasteiger partial charge in [-0.15, -0.1) is 0 Å². The second-order valence-electron chi connectivity index (χ2n) is 8.24. The lowest BCUT2D eigenvalue weighted by Gasteiger charge is -2.15. The van der Waals surface area contributed by atoms with E-state index in [9.17, 15) is 19.2 Å². The molecule has 0 aliphatic rings. The molecule has 0 saturated carbocycles. The Balaban J connectivity index is 1.55. The number of benzene rings is 1. The van der Waals surface area contributed by atoms with Crippen LogP contribution in [0.4, 0.5) is 4.79 Å². The van der Waals surface area contributed by atoms with Crippen LogP contribution < -0.4 is 16.0 Å². The van der Waals surface area contributed by atoms with Crippen molar-refractivity contribution < 1.29 is 28.7 Å². The van der Waals surface area contributed by atoms with Gasteiger partial charge in [-0.3, -0.25) is 19.4 Å². The van der Waals surface area contributed by atoms with Crippen LogP contribution in [-0.2, 0) is 11.3 Å². The highest BCUT2D eigenvalue weighted by Gasteiger charge is 2.27. The van der Waals surface area contributed by atoms with Gasteiger partial charge < -0.3 is 25.5 Å². The number of hydrogen-bond acceptors (Lipinski definition) is 7. The van der Waals surface area contributed by atoms with E-state index in [2.05, 4.69) is 25.9 Å². The second kappa shape index (κ2) is 14.1. The maximum atomic E-state index is 13.3. The normalized spacial score (nSPS) is 11.4. The molecule has 0 aliphatic carbocycles. The monoisotopic (exact) mass is 507 g/mol. The van der Waals surface area contributed by atoms with Crippen molar-refractivity contribution in [2.45, 2.75) is 38.1 Å². The molecule has 0 fully saturated rings. The largest absolute Gasteiger partial charge is 0.465 e. The SMILES string of the molecule is O=C(O)NCCCCC(=O)NCCC(C(=O)c1nc(C(=O)NCc2cccnc2)co1)c1ccccc1. The van der Waals surface area contributed by atoms with Crippen LogP contribution in [0.15, 0.2) is 65.5 Å². The molecule has 1 atom stereocenters. The highest BCUT2D eigenvalue weighted by molar-refractivity contribution is 5.99. The zero-order valence-corrected chi connectivity index (χ0v) is 20.2. The summed E-state index contributed by atoms with van der Waals surface area (Å²) < 4.78 is 5.35. The summed E-state index contributed by atoms with van der Waals surface area (Å²) in [6.07, 6.45) is 4.97. The number of carboxylic acid groups (broad SMARTS) is 1. The molecule has 3 rings (SSSR count). The van der Waals surface area contributed by atoms with Crippen LogP contribution in [0.3, 0.4) is 0 Å². The second-order valence-corrected chi connectivity index (χ2v) is 8.24. The Hall–Kier alpha value is -4.54. The van der Waals surface area contributed by atoms with Gasteiger partial charge in [0.05, 0.1) is 5.92 Å². The molecule has 3 amide bonds. The fourth-order valence-electron chi connectivity index (χ4n) is 3.60. The molecule has 0 aliphatic heterocycles. The molecule has 11 heteroatoms. The van der Waals surface area contributed by atoms with E-state index < -0.39 is 23.7 Å². The molecule has 1 unspecified atom stereocenters. The summed E-state index contributed by atoms with van der Waals surface area (Å²) in [5.41, 5.74) is 1.55. The van der Waals surface area contributed by atoms with Gasteiger partial charge in [0.15, 0.2) is 5.69 Å². The molecule has 2 aromatic heterocycles. The Morgan fingerprint density at radius 3 is 2.49 bits per heavy atom. The Bertz CT molecular complexity index is 1180. The van der Waals surface area contributed by atoms with Crippen LogP contribution in [0.2, 0.25) is 0 Å². The molecule has 3 aromatic rings. The number of aromatic nitrogens is 2. The summed E-state index contributed by atoms with van der Waals surface area (Å²) in [5.74, 6) is -1.87. The van der Waals surface area contributed by atoms with E-state index in [1.165, 1.54) is 0 Å². The number of Topliss-reactive ketones (excluding diaryl/α,β-unsaturated/α-hetero) is 1. The number of carbonyl (C=O) groups is 4. The van der Waals surface area contributed by atoms with Gasteiger partial charge in [-0.05, 0) is 36.5 Å². The lowest BCUT2D eigenvalue weighted by atomic mass is 9.91. The third-order valence-corrected chi connectivity index (χ3v) is 5.50. The van der Waals surface area contributed by atoms with Gasteiger partial charge in [-0.1, -0.05) is 36.4 Å². The number of oxazole rings is 1. The van der Waals surface area contributed by atoms with Crippen molar-refractivity contribution in [3.63, 3.8) is 0 Å². The van der Waals surface area contributed by atoms with Gasteiger partial charge in [0.1, 0.15) is 6.26 Å². The molecule has 194 valence electrons. The van der Waals surface area contributed by atoms with E-state index in [4.69, 9.17) is 9.52 Å². The molecule has 0 saturated heterocycles. The lowest BCUT2D eigenvalue weighted by molar-refractivity contribution is -0.121. The lowest BCUT2D eigenvalue weighted by Crippen LogP contribution is -2.27. The number of amides is 3. The Morgan fingerprint density at radius 1 is 0.946 bits per heavy atom. The third kappa shape index (κ3) is 8.88. The standard InChI is InChI=1S/C26H29N5O6/c32-22(10-4-5-13-29-26(35)36)28-14-11-20(19-8-2-1-3-9-19)23(33)25-31-21(17-37-25)24(34)30-16-18-7-6-12-27-15-18/h1-3,6-9,12,15,17,20,29H,4-5,10-11,13-14,16H2,(H,28,32)(H,30,34)(H,35,36). The summed E-state index contributed by atoms with van der Waals surface area (Å²) in [4.78, 5) is 56.4. The van der Waals surface area contributed by atoms with Crippen LogP contribution in [0, 0.1) is 0 Å². The number of ketones is 1. The molecule has 4 N–H and O–H groups in total. The summed E-state index contributed by atoms with van der Waals surface area (Å²) >= 11 is 0. The average molecular weight is 508 g/mol. The minimum atomic E-state index is -1.09. The van der Waals surface area contributed by atoms with E-state index in [1.54, 1.807) is 18.5 Å². The van der Waals surface area contributed by atoms with E-state index >= 15 is 0 Å². The molecule has 0 radical (unpaired) electrons. The van der Waals surface area contributed by atoms with E-state index in [-0.39, 0.29) is 43.5 Å². The van der Waals surface area contributed by atoms with Crippen molar-refractivity contribution in [2.24, 2.45) is 0 Å². The third-order valence-electron chi connectivity index (χ3n) is 5.50. The summed E-state index contributed by atoms with van der Waals surface area (Å²) in [6.45, 7) is 0.786. The number of rotatable bonds is 14. The molecular formula is C26H29N5O6. The van der Waals surface area contributed by atoms with Crippen molar-refractivity contribution in [1.82, 2.24) is 25.9 Å². The number of pyridine rings is 1. The predicted octanol–water partition coefficient (Wildman–Crippen LogP) is 2.91. The predicted molar refractivity (Wildman–Crippen MR) is 133 cm³/mol. The number of nitrogens with one attached hydrogen (secondary N) is 3. The Morgan fingerprint density at radius 2 is 1.76 bits per heavy atom. The Kier molecular flexibility index (Phi) is 10.3. The number of carbonyl (C=O) groups excluding carboxylic acids is 3. The Labute approximate surface area is 213 Å². The topological polar surface area (TPSA) is 164 Å². The van der Waals surface area contributed by atoms with Gasteiger partial charge in [-0.2, -0.15) is 0 Å². The van der Waals surface area contributed by atoms with Crippen molar-refractivity contribution in [3.8, 4) is 0 Å². The maximum absolute atomic E-state index is 13.3. The highest BCUT2D eigenvalue weighted by Crippen LogP contribution is 2.24. The van der Waals surface area contributed by atoms with Crippen LogP contribution in [0.25, 0.3) is 0 Å². The smallest absolute Gasteiger partial charge is 0.404 e. The molecule has 37 heavy (non-hydrogen) atoms. The van der Waals surface area contributed by atoms with Crippen molar-refractivity contribution in [1.29, 1.82) is 0 Å². The minimum Gasteiger partial charge on any atom is -0.465 e. The van der Waals surface area contributed by atoms with E-state index in [0.29, 0.717) is 19.3 Å². The number of hydrogen-bond donors (Lipinski definition) is 4. The molecule has 0 spiro atoms. The first-order chi connectivity index (χ1) is 17.9. The summed E-state index contributed by atoms with van der Waals surface area (Å²) in [6, 6.07) is 12.7. The van der Waals surface area contributed by atoms with Gasteiger partial charge in [-0.25, -0.2) is 9.78 Å². The van der Waals surface area contributed by atoms with Gasteiger partial charge in [0.25, 0.3) is 11.8 Å². The fraction of sp³-hybridized carbons (Fsp3) is 0.308. The number of unbranched alkanes of at least 4 members (excludes halogenated alkanes) is 1. The zero-order chi connectivity index (χ0) is 26.5. The molecule has 0 bridgehead atoms. The fourth-order valence-corrected chi connectivity index (χ4v) is 3.60. The van der Waals surface area contributed by atoms with Crippen LogP contribution in [0.5, 0.6) is 0 Å². The first-order valence-electron chi connectivity index (χ1n) is 11.9. The average Bonchev–Trinajstić information content (AvgIpc) is 3.41. The van der Waals surface area contributed by atoms with Crippen LogP contribution in [-0.4, -0.2) is 51.9 Å². The van der Waals surface area contributed by atoms with Gasteiger partial charge >= 0.3 is 6.09 Å². The molecule has 2 heterocycles. The van der Waals surface area contributed by atoms with Crippen LogP contribution >= 0.6 is 0 Å². The van der Waals surface area contributed by atoms with E-state index in [0.717, 1.165) is 17.4 Å². The number of nitrogens with zero attached hydrogens (tertiary/aromatic N) is 2. The minimum absolute atomic E-state index is 0.00950.